The van der Waals surface area contributed by atoms with Crippen LogP contribution in [0.2, 0.25) is 0 Å². The summed E-state index contributed by atoms with van der Waals surface area (Å²) in [6, 6.07) is 7.71. The number of para-hydroxylation sites is 1. The van der Waals surface area contributed by atoms with E-state index in [2.05, 4.69) is 11.9 Å². The first kappa shape index (κ1) is 13.8. The molecule has 0 radical (unpaired) electrons. The molecule has 92 valence electrons. The largest absolute Gasteiger partial charge is 0.372 e. The van der Waals surface area contributed by atoms with E-state index >= 15 is 0 Å². The molecule has 3 nitrogen and oxygen atoms in total. The van der Waals surface area contributed by atoms with Crippen LogP contribution >= 0.6 is 11.8 Å². The lowest BCUT2D eigenvalue weighted by Crippen LogP contribution is -2.18. The molecule has 1 amide bonds. The summed E-state index contributed by atoms with van der Waals surface area (Å²) in [5, 5.41) is 2.84. The van der Waals surface area contributed by atoms with Gasteiger partial charge in [0, 0.05) is 17.3 Å². The van der Waals surface area contributed by atoms with Crippen molar-refractivity contribution in [2.75, 3.05) is 24.3 Å². The maximum Gasteiger partial charge on any atom is 0.250 e. The van der Waals surface area contributed by atoms with E-state index in [1.54, 1.807) is 11.8 Å². The number of amides is 1. The molecule has 0 saturated carbocycles. The van der Waals surface area contributed by atoms with Gasteiger partial charge in [-0.3, -0.25) is 4.79 Å². The van der Waals surface area contributed by atoms with Gasteiger partial charge < -0.3 is 10.1 Å². The Hall–Kier alpha value is -1.26. The summed E-state index contributed by atoms with van der Waals surface area (Å²) >= 11 is 1.64. The van der Waals surface area contributed by atoms with Crippen molar-refractivity contribution in [1.29, 1.82) is 0 Å². The van der Waals surface area contributed by atoms with E-state index in [0.29, 0.717) is 6.61 Å². The molecule has 1 aromatic carbocycles. The number of carbonyl (C=O) groups excluding carboxylic acids is 1. The zero-order valence-corrected chi connectivity index (χ0v) is 10.8. The highest BCUT2D eigenvalue weighted by molar-refractivity contribution is 7.99. The number of anilines is 1. The summed E-state index contributed by atoms with van der Waals surface area (Å²) in [4.78, 5) is 12.6. The average molecular weight is 251 g/mol. The molecule has 1 N–H and O–H groups in total. The molecule has 4 heteroatoms. The third-order valence-corrected chi connectivity index (χ3v) is 3.02. The predicted molar refractivity (Wildman–Crippen MR) is 72.5 cm³/mol. The Morgan fingerprint density at radius 2 is 2.29 bits per heavy atom. The lowest BCUT2D eigenvalue weighted by atomic mass is 10.3. The van der Waals surface area contributed by atoms with Crippen molar-refractivity contribution >= 4 is 23.4 Å². The molecule has 0 saturated heterocycles. The van der Waals surface area contributed by atoms with Crippen LogP contribution in [0.25, 0.3) is 0 Å². The van der Waals surface area contributed by atoms with Gasteiger partial charge in [-0.15, -0.1) is 18.3 Å². The van der Waals surface area contributed by atoms with Crippen molar-refractivity contribution < 1.29 is 9.53 Å². The minimum atomic E-state index is -0.126. The number of hydrogen-bond acceptors (Lipinski definition) is 3. The van der Waals surface area contributed by atoms with Crippen molar-refractivity contribution in [2.45, 2.75) is 11.8 Å². The van der Waals surface area contributed by atoms with E-state index in [-0.39, 0.29) is 12.5 Å². The monoisotopic (exact) mass is 251 g/mol. The molecule has 17 heavy (non-hydrogen) atoms. The molecule has 0 aliphatic heterocycles. The zero-order valence-electron chi connectivity index (χ0n) is 9.94. The van der Waals surface area contributed by atoms with Gasteiger partial charge in [-0.2, -0.15) is 0 Å². The van der Waals surface area contributed by atoms with E-state index in [9.17, 15) is 4.79 Å². The molecule has 0 bridgehead atoms. The quantitative estimate of drug-likeness (QED) is 0.598. The Morgan fingerprint density at radius 3 is 3.00 bits per heavy atom. The minimum absolute atomic E-state index is 0.0942. The van der Waals surface area contributed by atoms with Gasteiger partial charge in [0.15, 0.2) is 0 Å². The Morgan fingerprint density at radius 1 is 1.53 bits per heavy atom. The van der Waals surface area contributed by atoms with E-state index in [0.717, 1.165) is 16.3 Å². The van der Waals surface area contributed by atoms with Gasteiger partial charge in [0.05, 0.1) is 5.69 Å². The first-order valence-corrected chi connectivity index (χ1v) is 6.46. The SMILES string of the molecule is C=CCSc1ccccc1NC(=O)COCC. The third kappa shape index (κ3) is 5.06. The van der Waals surface area contributed by atoms with Gasteiger partial charge >= 0.3 is 0 Å². The lowest BCUT2D eigenvalue weighted by Gasteiger charge is -2.09. The summed E-state index contributed by atoms with van der Waals surface area (Å²) < 4.78 is 5.05. The van der Waals surface area contributed by atoms with Gasteiger partial charge in [-0.1, -0.05) is 18.2 Å². The number of rotatable bonds is 7. The smallest absolute Gasteiger partial charge is 0.250 e. The number of nitrogens with one attached hydrogen (secondary N) is 1. The van der Waals surface area contributed by atoms with Crippen LogP contribution in [0.3, 0.4) is 0 Å². The molecular formula is C13H17NO2S. The highest BCUT2D eigenvalue weighted by atomic mass is 32.2. The second kappa shape index (κ2) is 7.92. The number of carbonyl (C=O) groups is 1. The van der Waals surface area contributed by atoms with Crippen molar-refractivity contribution in [3.05, 3.63) is 36.9 Å². The first-order chi connectivity index (χ1) is 8.27. The standard InChI is InChI=1S/C13H17NO2S/c1-3-9-17-12-8-6-5-7-11(12)14-13(15)10-16-4-2/h3,5-8H,1,4,9-10H2,2H3,(H,14,15). The lowest BCUT2D eigenvalue weighted by molar-refractivity contribution is -0.120. The van der Waals surface area contributed by atoms with Crippen molar-refractivity contribution in [2.24, 2.45) is 0 Å². The molecule has 0 aliphatic carbocycles. The second-order valence-corrected chi connectivity index (χ2v) is 4.34. The second-order valence-electron chi connectivity index (χ2n) is 3.28. The fourth-order valence-corrected chi connectivity index (χ4v) is 1.97. The molecule has 0 spiro atoms. The van der Waals surface area contributed by atoms with Crippen LogP contribution in [0.5, 0.6) is 0 Å². The highest BCUT2D eigenvalue weighted by Gasteiger charge is 2.06. The van der Waals surface area contributed by atoms with Crippen LogP contribution in [0.4, 0.5) is 5.69 Å². The van der Waals surface area contributed by atoms with Gasteiger partial charge in [-0.05, 0) is 19.1 Å². The fraction of sp³-hybridized carbons (Fsp3) is 0.308. The molecule has 0 aliphatic rings. The number of benzene rings is 1. The molecule has 0 atom stereocenters. The number of thioether (sulfide) groups is 1. The minimum Gasteiger partial charge on any atom is -0.372 e. The summed E-state index contributed by atoms with van der Waals surface area (Å²) in [5.41, 5.74) is 0.823. The Labute approximate surface area is 106 Å². The summed E-state index contributed by atoms with van der Waals surface area (Å²) in [7, 11) is 0. The molecule has 0 fully saturated rings. The van der Waals surface area contributed by atoms with Crippen molar-refractivity contribution in [1.82, 2.24) is 0 Å². The fourth-order valence-electron chi connectivity index (χ4n) is 1.23. The van der Waals surface area contributed by atoms with E-state index in [1.165, 1.54) is 0 Å². The molecule has 1 aromatic rings. The molecule has 0 unspecified atom stereocenters. The number of ether oxygens (including phenoxy) is 1. The van der Waals surface area contributed by atoms with Crippen LogP contribution in [0, 0.1) is 0 Å². The van der Waals surface area contributed by atoms with Crippen LogP contribution in [0.15, 0.2) is 41.8 Å². The normalized spacial score (nSPS) is 9.94. The third-order valence-electron chi connectivity index (χ3n) is 1.96. The van der Waals surface area contributed by atoms with Crippen LogP contribution in [0.1, 0.15) is 6.92 Å². The topological polar surface area (TPSA) is 38.3 Å². The van der Waals surface area contributed by atoms with Gasteiger partial charge in [0.25, 0.3) is 0 Å². The zero-order chi connectivity index (χ0) is 12.5. The molecule has 1 rings (SSSR count). The number of hydrogen-bond donors (Lipinski definition) is 1. The van der Waals surface area contributed by atoms with Gasteiger partial charge in [0.1, 0.15) is 6.61 Å². The maximum absolute atomic E-state index is 11.5. The van der Waals surface area contributed by atoms with Crippen LogP contribution in [-0.4, -0.2) is 24.9 Å². The van der Waals surface area contributed by atoms with Gasteiger partial charge in [-0.25, -0.2) is 0 Å². The average Bonchev–Trinajstić information content (AvgIpc) is 2.35. The Kier molecular flexibility index (Phi) is 6.43. The molecular weight excluding hydrogens is 234 g/mol. The Balaban J connectivity index is 2.62. The molecule has 0 heterocycles. The summed E-state index contributed by atoms with van der Waals surface area (Å²) in [6.07, 6.45) is 1.84. The van der Waals surface area contributed by atoms with Crippen LogP contribution in [-0.2, 0) is 9.53 Å². The van der Waals surface area contributed by atoms with Crippen molar-refractivity contribution in [3.8, 4) is 0 Å². The van der Waals surface area contributed by atoms with Crippen LogP contribution < -0.4 is 5.32 Å². The van der Waals surface area contributed by atoms with Gasteiger partial charge in [0.2, 0.25) is 5.91 Å². The predicted octanol–water partition coefficient (Wildman–Crippen LogP) is 2.94. The maximum atomic E-state index is 11.5. The van der Waals surface area contributed by atoms with E-state index in [1.807, 2.05) is 37.3 Å². The molecule has 0 aromatic heterocycles. The summed E-state index contributed by atoms with van der Waals surface area (Å²) in [5.74, 6) is 0.691. The highest BCUT2D eigenvalue weighted by Crippen LogP contribution is 2.26. The Bertz CT molecular complexity index is 379. The van der Waals surface area contributed by atoms with E-state index in [4.69, 9.17) is 4.74 Å². The summed E-state index contributed by atoms with van der Waals surface area (Å²) in [6.45, 7) is 6.18. The van der Waals surface area contributed by atoms with E-state index < -0.39 is 0 Å². The first-order valence-electron chi connectivity index (χ1n) is 5.48. The van der Waals surface area contributed by atoms with Crippen molar-refractivity contribution in [3.63, 3.8) is 0 Å².